The van der Waals surface area contributed by atoms with E-state index in [9.17, 15) is 0 Å². The minimum absolute atomic E-state index is 0.161. The minimum atomic E-state index is -1.16. The lowest BCUT2D eigenvalue weighted by Gasteiger charge is -2.64. The average molecular weight is 310 g/mol. The van der Waals surface area contributed by atoms with Crippen molar-refractivity contribution in [1.82, 2.24) is 4.90 Å². The molecule has 22 heavy (non-hydrogen) atoms. The first kappa shape index (κ1) is 14.5. The Hall–Kier alpha value is -1.12. The first-order valence-corrected chi connectivity index (χ1v) is 12.1. The monoisotopic (exact) mass is 309 g/mol. The first-order chi connectivity index (χ1) is 10.3. The standard InChI is InChI=1S/C20H27NSi/c1-19-12-13-20(19,2)21-14-15(22(3,4)5)10-11-18(21)16-8-6-7-9-17(16)19/h6-13,15,18H,14H2,1-5H3. The van der Waals surface area contributed by atoms with E-state index in [4.69, 9.17) is 0 Å². The largest absolute Gasteiger partial charge is 0.282 e. The van der Waals surface area contributed by atoms with Gasteiger partial charge in [-0.1, -0.05) is 68.2 Å². The highest BCUT2D eigenvalue weighted by atomic mass is 28.3. The fraction of sp³-hybridized carbons (Fsp3) is 0.500. The van der Waals surface area contributed by atoms with Crippen molar-refractivity contribution in [1.29, 1.82) is 0 Å². The second kappa shape index (κ2) is 4.24. The van der Waals surface area contributed by atoms with E-state index in [0.717, 1.165) is 5.54 Å². The summed E-state index contributed by atoms with van der Waals surface area (Å²) in [5.41, 5.74) is 4.11. The van der Waals surface area contributed by atoms with Gasteiger partial charge in [0.2, 0.25) is 0 Å². The van der Waals surface area contributed by atoms with E-state index in [-0.39, 0.29) is 11.0 Å². The zero-order valence-corrected chi connectivity index (χ0v) is 15.4. The van der Waals surface area contributed by atoms with Crippen molar-refractivity contribution in [3.8, 4) is 0 Å². The molecule has 0 radical (unpaired) electrons. The molecule has 0 fully saturated rings. The molecule has 2 heteroatoms. The predicted molar refractivity (Wildman–Crippen MR) is 97.0 cm³/mol. The molecule has 2 aliphatic heterocycles. The molecule has 0 N–H and O–H groups in total. The summed E-state index contributed by atoms with van der Waals surface area (Å²) in [5.74, 6) is 0. The maximum absolute atomic E-state index is 2.78. The number of benzene rings is 1. The molecule has 4 rings (SSSR count). The van der Waals surface area contributed by atoms with Gasteiger partial charge in [-0.25, -0.2) is 0 Å². The fourth-order valence-corrected chi connectivity index (χ4v) is 6.03. The molecule has 4 atom stereocenters. The summed E-state index contributed by atoms with van der Waals surface area (Å²) >= 11 is 0. The van der Waals surface area contributed by atoms with Gasteiger partial charge in [0.1, 0.15) is 0 Å². The summed E-state index contributed by atoms with van der Waals surface area (Å²) in [7, 11) is -1.16. The molecule has 0 aromatic heterocycles. The second-order valence-electron chi connectivity index (χ2n) is 8.73. The molecule has 0 spiro atoms. The van der Waals surface area contributed by atoms with Crippen molar-refractivity contribution in [2.75, 3.05) is 6.54 Å². The molecule has 1 aromatic rings. The molecular weight excluding hydrogens is 282 g/mol. The third kappa shape index (κ3) is 1.63. The Morgan fingerprint density at radius 1 is 1.05 bits per heavy atom. The van der Waals surface area contributed by atoms with Crippen LogP contribution in [-0.4, -0.2) is 25.1 Å². The number of hydrogen-bond donors (Lipinski definition) is 0. The van der Waals surface area contributed by atoms with Gasteiger partial charge in [0.15, 0.2) is 0 Å². The summed E-state index contributed by atoms with van der Waals surface area (Å²) in [5, 5.41) is 0. The van der Waals surface area contributed by atoms with Crippen molar-refractivity contribution in [2.24, 2.45) is 0 Å². The van der Waals surface area contributed by atoms with Crippen LogP contribution < -0.4 is 0 Å². The maximum atomic E-state index is 2.78. The summed E-state index contributed by atoms with van der Waals surface area (Å²) < 4.78 is 0. The summed E-state index contributed by atoms with van der Waals surface area (Å²) in [4.78, 5) is 2.78. The second-order valence-corrected chi connectivity index (χ2v) is 14.2. The van der Waals surface area contributed by atoms with Gasteiger partial charge in [-0.2, -0.15) is 0 Å². The first-order valence-electron chi connectivity index (χ1n) is 8.52. The van der Waals surface area contributed by atoms with Crippen LogP contribution in [0.3, 0.4) is 0 Å². The van der Waals surface area contributed by atoms with E-state index in [1.54, 1.807) is 0 Å². The van der Waals surface area contributed by atoms with E-state index in [2.05, 4.69) is 87.0 Å². The highest BCUT2D eigenvalue weighted by Crippen LogP contribution is 2.58. The molecule has 0 amide bonds. The van der Waals surface area contributed by atoms with E-state index in [0.29, 0.717) is 6.04 Å². The van der Waals surface area contributed by atoms with Gasteiger partial charge in [-0.15, -0.1) is 0 Å². The topological polar surface area (TPSA) is 3.24 Å². The third-order valence-corrected chi connectivity index (χ3v) is 9.20. The van der Waals surface area contributed by atoms with Crippen LogP contribution in [-0.2, 0) is 5.41 Å². The highest BCUT2D eigenvalue weighted by molar-refractivity contribution is 6.78. The summed E-state index contributed by atoms with van der Waals surface area (Å²) in [6, 6.07) is 9.52. The Balaban J connectivity index is 1.88. The lowest BCUT2D eigenvalue weighted by Crippen LogP contribution is -2.67. The molecule has 0 saturated carbocycles. The zero-order chi connectivity index (χ0) is 15.8. The molecule has 2 heterocycles. The van der Waals surface area contributed by atoms with Gasteiger partial charge in [0, 0.05) is 12.0 Å². The number of hydrogen-bond acceptors (Lipinski definition) is 1. The quantitative estimate of drug-likeness (QED) is 0.526. The van der Waals surface area contributed by atoms with Crippen LogP contribution >= 0.6 is 0 Å². The van der Waals surface area contributed by atoms with Crippen LogP contribution in [0.5, 0.6) is 0 Å². The van der Waals surface area contributed by atoms with Crippen molar-refractivity contribution in [3.05, 3.63) is 59.7 Å². The highest BCUT2D eigenvalue weighted by Gasteiger charge is 2.58. The van der Waals surface area contributed by atoms with Gasteiger partial charge >= 0.3 is 0 Å². The normalized spacial score (nSPS) is 39.7. The molecule has 3 aliphatic rings. The van der Waals surface area contributed by atoms with Crippen LogP contribution in [0.4, 0.5) is 0 Å². The lowest BCUT2D eigenvalue weighted by atomic mass is 9.54. The molecule has 1 nitrogen and oxygen atoms in total. The Kier molecular flexibility index (Phi) is 2.79. The SMILES string of the molecule is CC12C=CC1(C)N1CC([Si](C)(C)C)C=CC1c1ccccc12. The van der Waals surface area contributed by atoms with E-state index in [1.165, 1.54) is 17.7 Å². The van der Waals surface area contributed by atoms with Gasteiger partial charge < -0.3 is 0 Å². The van der Waals surface area contributed by atoms with E-state index < -0.39 is 8.07 Å². The number of nitrogens with zero attached hydrogens (tertiary/aromatic N) is 1. The minimum Gasteiger partial charge on any atom is -0.282 e. The van der Waals surface area contributed by atoms with Crippen LogP contribution in [0.1, 0.15) is 31.0 Å². The molecule has 116 valence electrons. The Morgan fingerprint density at radius 2 is 1.77 bits per heavy atom. The van der Waals surface area contributed by atoms with Gasteiger partial charge in [0.05, 0.1) is 19.7 Å². The molecule has 1 aliphatic carbocycles. The van der Waals surface area contributed by atoms with E-state index in [1.807, 2.05) is 0 Å². The van der Waals surface area contributed by atoms with Crippen molar-refractivity contribution >= 4 is 8.07 Å². The molecule has 4 unspecified atom stereocenters. The van der Waals surface area contributed by atoms with Gasteiger partial charge in [-0.3, -0.25) is 4.90 Å². The van der Waals surface area contributed by atoms with Gasteiger partial charge in [-0.05, 0) is 30.5 Å². The van der Waals surface area contributed by atoms with Crippen LogP contribution in [0, 0.1) is 0 Å². The van der Waals surface area contributed by atoms with Crippen LogP contribution in [0.2, 0.25) is 25.2 Å². The van der Waals surface area contributed by atoms with Crippen molar-refractivity contribution < 1.29 is 0 Å². The van der Waals surface area contributed by atoms with Crippen molar-refractivity contribution in [2.45, 2.75) is 56.0 Å². The molecule has 1 aromatic carbocycles. The summed E-state index contributed by atoms with van der Waals surface area (Å²) in [6.45, 7) is 13.6. The number of fused-ring (bicyclic) bond motifs is 6. The summed E-state index contributed by atoms with van der Waals surface area (Å²) in [6.07, 6.45) is 9.88. The molecule has 0 bridgehead atoms. The van der Waals surface area contributed by atoms with Gasteiger partial charge in [0.25, 0.3) is 0 Å². The Bertz CT molecular complexity index is 683. The van der Waals surface area contributed by atoms with Crippen LogP contribution in [0.25, 0.3) is 0 Å². The smallest absolute Gasteiger partial charge is 0.0543 e. The Labute approximate surface area is 135 Å². The van der Waals surface area contributed by atoms with Crippen molar-refractivity contribution in [3.63, 3.8) is 0 Å². The average Bonchev–Trinajstić information content (AvgIpc) is 2.50. The number of rotatable bonds is 1. The van der Waals surface area contributed by atoms with Crippen LogP contribution in [0.15, 0.2) is 48.6 Å². The molecular formula is C20H27NSi. The fourth-order valence-electron chi connectivity index (χ4n) is 4.60. The van der Waals surface area contributed by atoms with E-state index >= 15 is 0 Å². The predicted octanol–water partition coefficient (Wildman–Crippen LogP) is 4.91. The lowest BCUT2D eigenvalue weighted by molar-refractivity contribution is 0.0263. The zero-order valence-electron chi connectivity index (χ0n) is 14.4. The maximum Gasteiger partial charge on any atom is 0.0543 e. The third-order valence-electron chi connectivity index (χ3n) is 6.60. The Morgan fingerprint density at radius 3 is 2.41 bits per heavy atom. The molecule has 0 saturated heterocycles.